The number of benzene rings is 3. The third kappa shape index (κ3) is 4.06. The van der Waals surface area contributed by atoms with Crippen molar-refractivity contribution in [2.45, 2.75) is 42.8 Å². The Morgan fingerprint density at radius 3 is 2.41 bits per heavy atom. The minimum absolute atomic E-state index is 0.110. The molecule has 1 aliphatic carbocycles. The number of halogens is 4. The summed E-state index contributed by atoms with van der Waals surface area (Å²) < 4.78 is 81.7. The number of nitrogens with zero attached hydrogens (tertiary/aromatic N) is 2. The minimum Gasteiger partial charge on any atom is -0.340 e. The third-order valence-corrected chi connectivity index (χ3v) is 8.25. The van der Waals surface area contributed by atoms with Gasteiger partial charge >= 0.3 is 16.4 Å². The van der Waals surface area contributed by atoms with Crippen molar-refractivity contribution in [3.8, 4) is 17.2 Å². The predicted octanol–water partition coefficient (Wildman–Crippen LogP) is 6.97. The molecule has 0 saturated heterocycles. The van der Waals surface area contributed by atoms with Crippen LogP contribution in [0.25, 0.3) is 44.0 Å². The Morgan fingerprint density at radius 1 is 1.00 bits per heavy atom. The Labute approximate surface area is 219 Å². The summed E-state index contributed by atoms with van der Waals surface area (Å²) in [6.45, 7) is 0. The van der Waals surface area contributed by atoms with Crippen molar-refractivity contribution in [2.24, 2.45) is 0 Å². The first-order valence-corrected chi connectivity index (χ1v) is 13.6. The smallest absolute Gasteiger partial charge is 0.340 e. The zero-order valence-corrected chi connectivity index (χ0v) is 21.0. The highest BCUT2D eigenvalue weighted by Crippen LogP contribution is 2.42. The van der Waals surface area contributed by atoms with Gasteiger partial charge in [-0.05, 0) is 60.4 Å². The third-order valence-electron chi connectivity index (χ3n) is 7.44. The molecule has 0 unspecified atom stereocenters. The summed E-state index contributed by atoms with van der Waals surface area (Å²) in [7, 11) is -5.17. The highest BCUT2D eigenvalue weighted by atomic mass is 32.3. The minimum atomic E-state index is -5.17. The van der Waals surface area contributed by atoms with Crippen LogP contribution in [0.3, 0.4) is 0 Å². The average molecular weight is 554 g/mol. The standard InChI is InChI=1S/C28H19F4N3O3S/c29-28(30,31)22-12-21-24(13-20(22)16-4-3-7-18(11-16)39(32,37)38)35(17-5-1-2-6-17)27-25(26(21)36)19-9-8-15(14-33)10-23(19)34-27/h3-4,7-13,17,34H,1-2,5-6H2. The molecule has 2 heterocycles. The molecule has 11 heteroatoms. The van der Waals surface area contributed by atoms with Crippen LogP contribution in [-0.4, -0.2) is 18.0 Å². The first kappa shape index (κ1) is 25.1. The molecule has 1 saturated carbocycles. The number of alkyl halides is 3. The number of pyridine rings is 1. The SMILES string of the molecule is N#Cc1ccc2c(c1)[nH]c1c2c(=O)c2cc(C(F)(F)F)c(-c3cccc(S(=O)(=O)F)c3)cc2n1C1CCCC1. The molecular formula is C28H19F4N3O3S. The quantitative estimate of drug-likeness (QED) is 0.193. The molecule has 1 fully saturated rings. The van der Waals surface area contributed by atoms with Gasteiger partial charge in [0.15, 0.2) is 5.43 Å². The number of nitrogens with one attached hydrogen (secondary N) is 1. The zero-order valence-electron chi connectivity index (χ0n) is 20.1. The lowest BCUT2D eigenvalue weighted by Crippen LogP contribution is -2.16. The molecule has 198 valence electrons. The molecule has 0 bridgehead atoms. The number of aromatic nitrogens is 2. The number of aromatic amines is 1. The molecule has 6 rings (SSSR count). The maximum Gasteiger partial charge on any atom is 0.417 e. The fraction of sp³-hybridized carbons (Fsp3) is 0.214. The highest BCUT2D eigenvalue weighted by molar-refractivity contribution is 7.86. The molecule has 0 amide bonds. The van der Waals surface area contributed by atoms with Gasteiger partial charge < -0.3 is 9.55 Å². The van der Waals surface area contributed by atoms with E-state index in [9.17, 15) is 35.5 Å². The van der Waals surface area contributed by atoms with Crippen molar-refractivity contribution >= 4 is 43.1 Å². The molecule has 0 atom stereocenters. The fourth-order valence-electron chi connectivity index (χ4n) is 5.72. The van der Waals surface area contributed by atoms with Crippen LogP contribution in [0.15, 0.2) is 64.3 Å². The van der Waals surface area contributed by atoms with E-state index < -0.39 is 32.3 Å². The van der Waals surface area contributed by atoms with Crippen LogP contribution >= 0.6 is 0 Å². The van der Waals surface area contributed by atoms with E-state index in [4.69, 9.17) is 0 Å². The van der Waals surface area contributed by atoms with E-state index in [-0.39, 0.29) is 33.5 Å². The summed E-state index contributed by atoms with van der Waals surface area (Å²) in [4.78, 5) is 16.3. The van der Waals surface area contributed by atoms with E-state index >= 15 is 0 Å². The lowest BCUT2D eigenvalue weighted by Gasteiger charge is -2.22. The number of H-pyrrole nitrogens is 1. The summed E-state index contributed by atoms with van der Waals surface area (Å²) >= 11 is 0. The molecule has 0 aliphatic heterocycles. The topological polar surface area (TPSA) is 95.7 Å². The van der Waals surface area contributed by atoms with Crippen LogP contribution in [0, 0.1) is 11.3 Å². The summed E-state index contributed by atoms with van der Waals surface area (Å²) in [5, 5.41) is 9.93. The molecule has 6 nitrogen and oxygen atoms in total. The normalized spacial score (nSPS) is 14.9. The van der Waals surface area contributed by atoms with Gasteiger partial charge in [-0.3, -0.25) is 4.79 Å². The van der Waals surface area contributed by atoms with Crippen molar-refractivity contribution in [1.82, 2.24) is 9.55 Å². The van der Waals surface area contributed by atoms with E-state index in [0.717, 1.165) is 43.9 Å². The average Bonchev–Trinajstić information content (AvgIpc) is 3.55. The van der Waals surface area contributed by atoms with E-state index in [1.165, 1.54) is 18.2 Å². The monoisotopic (exact) mass is 553 g/mol. The molecule has 2 aromatic heterocycles. The number of hydrogen-bond donors (Lipinski definition) is 1. The number of fused-ring (bicyclic) bond motifs is 4. The van der Waals surface area contributed by atoms with Gasteiger partial charge in [0.1, 0.15) is 5.65 Å². The van der Waals surface area contributed by atoms with E-state index in [1.54, 1.807) is 18.2 Å². The summed E-state index contributed by atoms with van der Waals surface area (Å²) in [5.41, 5.74) is -0.675. The second-order valence-electron chi connectivity index (χ2n) is 9.74. The van der Waals surface area contributed by atoms with Crippen molar-refractivity contribution in [3.63, 3.8) is 0 Å². The second-order valence-corrected chi connectivity index (χ2v) is 11.1. The maximum atomic E-state index is 14.4. The maximum absolute atomic E-state index is 14.4. The lowest BCUT2D eigenvalue weighted by atomic mass is 9.95. The van der Waals surface area contributed by atoms with Gasteiger partial charge in [0.05, 0.1) is 33.0 Å². The van der Waals surface area contributed by atoms with Crippen molar-refractivity contribution in [3.05, 3.63) is 75.9 Å². The molecule has 39 heavy (non-hydrogen) atoms. The zero-order chi connectivity index (χ0) is 27.7. The van der Waals surface area contributed by atoms with Crippen LogP contribution in [0.1, 0.15) is 42.9 Å². The Balaban J connectivity index is 1.78. The van der Waals surface area contributed by atoms with Gasteiger partial charge in [-0.25, -0.2) is 0 Å². The van der Waals surface area contributed by atoms with Crippen LogP contribution < -0.4 is 5.43 Å². The van der Waals surface area contributed by atoms with Gasteiger partial charge in [-0.1, -0.05) is 31.0 Å². The lowest BCUT2D eigenvalue weighted by molar-refractivity contribution is -0.137. The van der Waals surface area contributed by atoms with E-state index in [0.29, 0.717) is 22.1 Å². The Morgan fingerprint density at radius 2 is 1.74 bits per heavy atom. The summed E-state index contributed by atoms with van der Waals surface area (Å²) in [5.74, 6) is 0. The Hall–Kier alpha value is -4.17. The predicted molar refractivity (Wildman–Crippen MR) is 139 cm³/mol. The van der Waals surface area contributed by atoms with Gasteiger partial charge in [0, 0.05) is 22.3 Å². The van der Waals surface area contributed by atoms with Crippen molar-refractivity contribution < 1.29 is 25.5 Å². The first-order chi connectivity index (χ1) is 18.5. The number of rotatable bonds is 3. The number of hydrogen-bond acceptors (Lipinski definition) is 4. The molecule has 0 spiro atoms. The second kappa shape index (κ2) is 8.68. The summed E-state index contributed by atoms with van der Waals surface area (Å²) in [6.07, 6.45) is -1.59. The van der Waals surface area contributed by atoms with Crippen LogP contribution in [-0.2, 0) is 16.4 Å². The molecule has 0 radical (unpaired) electrons. The molecule has 1 aliphatic rings. The first-order valence-electron chi connectivity index (χ1n) is 12.2. The molecule has 3 aromatic carbocycles. The van der Waals surface area contributed by atoms with Gasteiger partial charge in [0.25, 0.3) is 0 Å². The fourth-order valence-corrected chi connectivity index (χ4v) is 6.23. The van der Waals surface area contributed by atoms with Gasteiger partial charge in [-0.2, -0.15) is 26.9 Å². The van der Waals surface area contributed by atoms with Gasteiger partial charge in [0.2, 0.25) is 0 Å². The number of nitriles is 1. The largest absolute Gasteiger partial charge is 0.417 e. The Bertz CT molecular complexity index is 2030. The summed E-state index contributed by atoms with van der Waals surface area (Å²) in [6, 6.07) is 13.0. The molecular weight excluding hydrogens is 534 g/mol. The van der Waals surface area contributed by atoms with Crippen LogP contribution in [0.2, 0.25) is 0 Å². The molecule has 5 aromatic rings. The van der Waals surface area contributed by atoms with Crippen molar-refractivity contribution in [2.75, 3.05) is 0 Å². The Kier molecular flexibility index (Phi) is 5.59. The van der Waals surface area contributed by atoms with E-state index in [2.05, 4.69) is 4.98 Å². The molecule has 1 N–H and O–H groups in total. The van der Waals surface area contributed by atoms with Gasteiger partial charge in [-0.15, -0.1) is 3.89 Å². The van der Waals surface area contributed by atoms with Crippen molar-refractivity contribution in [1.29, 1.82) is 5.26 Å². The van der Waals surface area contributed by atoms with Crippen LogP contribution in [0.5, 0.6) is 0 Å². The van der Waals surface area contributed by atoms with Crippen LogP contribution in [0.4, 0.5) is 17.1 Å². The highest BCUT2D eigenvalue weighted by Gasteiger charge is 2.36. The van der Waals surface area contributed by atoms with E-state index in [1.807, 2.05) is 10.6 Å².